The summed E-state index contributed by atoms with van der Waals surface area (Å²) in [7, 11) is 0. The molecule has 2 aromatic rings. The summed E-state index contributed by atoms with van der Waals surface area (Å²) in [5, 5.41) is 14.4. The third kappa shape index (κ3) is 5.21. The van der Waals surface area contributed by atoms with Crippen molar-refractivity contribution in [2.75, 3.05) is 19.7 Å². The van der Waals surface area contributed by atoms with Gasteiger partial charge in [0.25, 0.3) is 0 Å². The van der Waals surface area contributed by atoms with Crippen molar-refractivity contribution < 1.29 is 27.8 Å². The Morgan fingerprint density at radius 3 is 2.65 bits per heavy atom. The van der Waals surface area contributed by atoms with Crippen LogP contribution in [0.5, 0.6) is 5.75 Å². The summed E-state index contributed by atoms with van der Waals surface area (Å²) < 4.78 is 45.4. The van der Waals surface area contributed by atoms with E-state index in [4.69, 9.17) is 9.84 Å². The molecule has 1 saturated carbocycles. The maximum atomic E-state index is 12.8. The van der Waals surface area contributed by atoms with Crippen LogP contribution in [-0.2, 0) is 0 Å². The molecule has 2 heterocycles. The van der Waals surface area contributed by atoms with Crippen molar-refractivity contribution in [2.45, 2.75) is 56.1 Å². The topological polar surface area (TPSA) is 86.7 Å². The first kappa shape index (κ1) is 22.1. The van der Waals surface area contributed by atoms with Crippen molar-refractivity contribution in [2.24, 2.45) is 0 Å². The minimum atomic E-state index is -4.47. The van der Waals surface area contributed by atoms with Crippen LogP contribution in [0.1, 0.15) is 25.7 Å². The first-order valence-corrected chi connectivity index (χ1v) is 11.2. The van der Waals surface area contributed by atoms with Crippen LogP contribution in [0, 0.1) is 0 Å². The molecule has 1 aromatic carbocycles. The summed E-state index contributed by atoms with van der Waals surface area (Å²) in [4.78, 5) is 18.4. The molecule has 2 aliphatic rings. The van der Waals surface area contributed by atoms with Crippen molar-refractivity contribution in [1.82, 2.24) is 20.5 Å². The molecule has 1 saturated heterocycles. The van der Waals surface area contributed by atoms with Gasteiger partial charge in [0.05, 0.1) is 29.9 Å². The van der Waals surface area contributed by atoms with E-state index in [1.54, 1.807) is 21.7 Å². The number of hydrogen-bond acceptors (Lipinski definition) is 6. The number of nitrogens with zero attached hydrogens (tertiary/aromatic N) is 2. The van der Waals surface area contributed by atoms with E-state index < -0.39 is 18.8 Å². The maximum Gasteiger partial charge on any atom is 0.406 e. The van der Waals surface area contributed by atoms with Crippen LogP contribution in [0.15, 0.2) is 23.7 Å². The zero-order valence-corrected chi connectivity index (χ0v) is 17.6. The molecule has 0 bridgehead atoms. The van der Waals surface area contributed by atoms with Crippen LogP contribution in [0.2, 0.25) is 0 Å². The van der Waals surface area contributed by atoms with Crippen molar-refractivity contribution >= 4 is 27.6 Å². The number of aliphatic hydroxyl groups is 1. The summed E-state index contributed by atoms with van der Waals surface area (Å²) in [6, 6.07) is 3.31. The standard InChI is InChI=1S/C20H25F3N4O3S/c21-20(22,23)17(10-28)25-12-4-6-13(7-5-12)26-19(29)27-8-14(9-27)30-15-2-1-3-16-18(15)24-11-31-16/h1-3,11-14,17,25,28H,4-10H2,(H,26,29)/t12-,13-,17-/m0/s1. The molecular formula is C20H25F3N4O3S. The SMILES string of the molecule is O=C(N[C@H]1CC[C@H](N[C@@H](CO)C(F)(F)F)CC1)N1CC(Oc2cccc3scnc23)C1. The van der Waals surface area contributed by atoms with E-state index >= 15 is 0 Å². The molecule has 1 aliphatic carbocycles. The van der Waals surface area contributed by atoms with Crippen molar-refractivity contribution in [3.05, 3.63) is 23.7 Å². The molecule has 2 amide bonds. The van der Waals surface area contributed by atoms with Crippen molar-refractivity contribution in [3.8, 4) is 5.75 Å². The number of amides is 2. The molecule has 4 rings (SSSR count). The average Bonchev–Trinajstić information content (AvgIpc) is 3.18. The second-order valence-electron chi connectivity index (χ2n) is 8.04. The van der Waals surface area contributed by atoms with Gasteiger partial charge in [-0.25, -0.2) is 9.78 Å². The van der Waals surface area contributed by atoms with Crippen LogP contribution in [0.4, 0.5) is 18.0 Å². The summed E-state index contributed by atoms with van der Waals surface area (Å²) in [6.45, 7) is -0.0185. The van der Waals surface area contributed by atoms with Crippen LogP contribution in [0.3, 0.4) is 0 Å². The van der Waals surface area contributed by atoms with Gasteiger partial charge >= 0.3 is 12.2 Å². The molecule has 1 aliphatic heterocycles. The monoisotopic (exact) mass is 458 g/mol. The summed E-state index contributed by atoms with van der Waals surface area (Å²) in [5.74, 6) is 0.717. The second-order valence-corrected chi connectivity index (χ2v) is 8.93. The number of likely N-dealkylation sites (tertiary alicyclic amines) is 1. The molecule has 31 heavy (non-hydrogen) atoms. The molecule has 0 unspecified atom stereocenters. The van der Waals surface area contributed by atoms with Crippen LogP contribution >= 0.6 is 11.3 Å². The predicted molar refractivity (Wildman–Crippen MR) is 110 cm³/mol. The lowest BCUT2D eigenvalue weighted by Gasteiger charge is -2.40. The fraction of sp³-hybridized carbons (Fsp3) is 0.600. The van der Waals surface area contributed by atoms with Gasteiger partial charge in [0.1, 0.15) is 23.4 Å². The second kappa shape index (κ2) is 9.17. The molecule has 7 nitrogen and oxygen atoms in total. The van der Waals surface area contributed by atoms with E-state index in [1.165, 1.54) is 0 Å². The van der Waals surface area contributed by atoms with E-state index in [-0.39, 0.29) is 24.2 Å². The minimum Gasteiger partial charge on any atom is -0.484 e. The molecule has 11 heteroatoms. The number of thiazole rings is 1. The number of alkyl halides is 3. The fourth-order valence-corrected chi connectivity index (χ4v) is 4.71. The Balaban J connectivity index is 1.18. The average molecular weight is 459 g/mol. The zero-order valence-electron chi connectivity index (χ0n) is 16.8. The van der Waals surface area contributed by atoms with Crippen molar-refractivity contribution in [1.29, 1.82) is 0 Å². The largest absolute Gasteiger partial charge is 0.484 e. The molecule has 3 N–H and O–H groups in total. The number of aliphatic hydroxyl groups excluding tert-OH is 1. The van der Waals surface area contributed by atoms with Gasteiger partial charge in [0, 0.05) is 12.1 Å². The summed E-state index contributed by atoms with van der Waals surface area (Å²) >= 11 is 1.55. The Morgan fingerprint density at radius 2 is 1.97 bits per heavy atom. The molecule has 170 valence electrons. The normalized spacial score (nSPS) is 23.4. The highest BCUT2D eigenvalue weighted by molar-refractivity contribution is 7.16. The smallest absolute Gasteiger partial charge is 0.406 e. The molecular weight excluding hydrogens is 433 g/mol. The van der Waals surface area contributed by atoms with Gasteiger partial charge in [-0.1, -0.05) is 6.07 Å². The molecule has 1 aromatic heterocycles. The quantitative estimate of drug-likeness (QED) is 0.620. The number of para-hydroxylation sites is 1. The van der Waals surface area contributed by atoms with Gasteiger partial charge in [-0.2, -0.15) is 13.2 Å². The number of hydrogen-bond donors (Lipinski definition) is 3. The first-order chi connectivity index (χ1) is 14.8. The summed E-state index contributed by atoms with van der Waals surface area (Å²) in [6.07, 6.45) is -2.34. The number of aromatic nitrogens is 1. The van der Waals surface area contributed by atoms with Gasteiger partial charge in [-0.15, -0.1) is 11.3 Å². The number of urea groups is 1. The Hall–Kier alpha value is -2.11. The minimum absolute atomic E-state index is 0.0623. The molecule has 0 spiro atoms. The highest BCUT2D eigenvalue weighted by Crippen LogP contribution is 2.29. The Kier molecular flexibility index (Phi) is 6.54. The van der Waals surface area contributed by atoms with E-state index in [1.807, 2.05) is 18.2 Å². The van der Waals surface area contributed by atoms with Gasteiger partial charge in [0.2, 0.25) is 0 Å². The first-order valence-electron chi connectivity index (χ1n) is 10.3. The van der Waals surface area contributed by atoms with E-state index in [9.17, 15) is 18.0 Å². The highest BCUT2D eigenvalue weighted by atomic mass is 32.1. The zero-order chi connectivity index (χ0) is 22.0. The molecule has 2 fully saturated rings. The lowest BCUT2D eigenvalue weighted by Crippen LogP contribution is -2.60. The Morgan fingerprint density at radius 1 is 1.26 bits per heavy atom. The third-order valence-corrected chi connectivity index (χ3v) is 6.62. The van der Waals surface area contributed by atoms with Gasteiger partial charge < -0.3 is 25.4 Å². The Bertz CT molecular complexity index is 895. The van der Waals surface area contributed by atoms with E-state index in [0.29, 0.717) is 38.8 Å². The number of carbonyl (C=O) groups is 1. The van der Waals surface area contributed by atoms with Crippen LogP contribution < -0.4 is 15.4 Å². The number of fused-ring (bicyclic) bond motifs is 1. The van der Waals surface area contributed by atoms with Gasteiger partial charge in [-0.05, 0) is 37.8 Å². The molecule has 0 radical (unpaired) electrons. The highest BCUT2D eigenvalue weighted by Gasteiger charge is 2.41. The number of ether oxygens (including phenoxy) is 1. The maximum absolute atomic E-state index is 12.8. The van der Waals surface area contributed by atoms with Gasteiger partial charge in [0.15, 0.2) is 0 Å². The lowest BCUT2D eigenvalue weighted by atomic mass is 9.90. The van der Waals surface area contributed by atoms with Gasteiger partial charge in [-0.3, -0.25) is 0 Å². The third-order valence-electron chi connectivity index (χ3n) is 5.82. The van der Waals surface area contributed by atoms with E-state index in [2.05, 4.69) is 15.6 Å². The Labute approximate surface area is 181 Å². The summed E-state index contributed by atoms with van der Waals surface area (Å²) in [5.41, 5.74) is 2.60. The lowest BCUT2D eigenvalue weighted by molar-refractivity contribution is -0.166. The number of rotatable bonds is 6. The predicted octanol–water partition coefficient (Wildman–Crippen LogP) is 2.89. The number of carbonyl (C=O) groups excluding carboxylic acids is 1. The number of benzene rings is 1. The fourth-order valence-electron chi connectivity index (χ4n) is 4.02. The van der Waals surface area contributed by atoms with Crippen molar-refractivity contribution in [3.63, 3.8) is 0 Å². The van der Waals surface area contributed by atoms with E-state index in [0.717, 1.165) is 16.0 Å². The number of halogens is 3. The van der Waals surface area contributed by atoms with Crippen LogP contribution in [-0.4, -0.2) is 71.1 Å². The van der Waals surface area contributed by atoms with Crippen LogP contribution in [0.25, 0.3) is 10.2 Å². The molecule has 1 atom stereocenters. The number of nitrogens with one attached hydrogen (secondary N) is 2.